The molecule has 0 aliphatic heterocycles. The number of fused-ring (bicyclic) bond motifs is 1. The molecular weight excluding hydrogens is 416 g/mol. The van der Waals surface area contributed by atoms with Crippen LogP contribution in [0, 0.1) is 0 Å². The summed E-state index contributed by atoms with van der Waals surface area (Å²) in [7, 11) is 1.60. The quantitative estimate of drug-likeness (QED) is 0.693. The van der Waals surface area contributed by atoms with Crippen LogP contribution in [0.4, 0.5) is 5.00 Å². The number of halogens is 1. The van der Waals surface area contributed by atoms with Gasteiger partial charge >= 0.3 is 0 Å². The van der Waals surface area contributed by atoms with Crippen LogP contribution in [0.5, 0.6) is 5.75 Å². The maximum absolute atomic E-state index is 12.3. The third-order valence-corrected chi connectivity index (χ3v) is 6.08. The van der Waals surface area contributed by atoms with Crippen LogP contribution in [0.2, 0.25) is 0 Å². The molecule has 1 aliphatic rings. The molecule has 0 fully saturated rings. The number of thiophene rings is 1. The molecule has 0 spiro atoms. The molecule has 136 valence electrons. The molecule has 0 radical (unpaired) electrons. The van der Waals surface area contributed by atoms with Crippen molar-refractivity contribution in [2.45, 2.75) is 25.7 Å². The molecule has 0 bridgehead atoms. The van der Waals surface area contributed by atoms with Gasteiger partial charge in [0.05, 0.1) is 17.1 Å². The molecule has 1 aromatic carbocycles. The van der Waals surface area contributed by atoms with Gasteiger partial charge in [-0.1, -0.05) is 6.07 Å². The Kier molecular flexibility index (Phi) is 5.78. The number of methoxy groups -OCH3 is 1. The molecule has 0 atom stereocenters. The Morgan fingerprint density at radius 1 is 1.31 bits per heavy atom. The van der Waals surface area contributed by atoms with Gasteiger partial charge in [-0.25, -0.2) is 0 Å². The SMILES string of the molecule is COc1ccc(C=CC(=O)Nc2sc3c(c2C(N)=O)CCCC3)cc1Br. The highest BCUT2D eigenvalue weighted by Crippen LogP contribution is 2.37. The largest absolute Gasteiger partial charge is 0.496 e. The maximum atomic E-state index is 12.3. The van der Waals surface area contributed by atoms with Gasteiger partial charge in [0.25, 0.3) is 5.91 Å². The zero-order valence-corrected chi connectivity index (χ0v) is 16.7. The van der Waals surface area contributed by atoms with Crippen LogP contribution in [0.1, 0.15) is 39.2 Å². The minimum Gasteiger partial charge on any atom is -0.496 e. The van der Waals surface area contributed by atoms with Crippen LogP contribution in [-0.4, -0.2) is 18.9 Å². The second-order valence-electron chi connectivity index (χ2n) is 6.00. The van der Waals surface area contributed by atoms with Gasteiger partial charge in [0, 0.05) is 11.0 Å². The van der Waals surface area contributed by atoms with Crippen molar-refractivity contribution in [3.8, 4) is 5.75 Å². The minimum absolute atomic E-state index is 0.293. The van der Waals surface area contributed by atoms with Crippen molar-refractivity contribution in [2.24, 2.45) is 5.73 Å². The fourth-order valence-electron chi connectivity index (χ4n) is 3.03. The highest BCUT2D eigenvalue weighted by molar-refractivity contribution is 9.10. The highest BCUT2D eigenvalue weighted by atomic mass is 79.9. The third-order valence-electron chi connectivity index (χ3n) is 4.26. The summed E-state index contributed by atoms with van der Waals surface area (Å²) in [6.45, 7) is 0. The van der Waals surface area contributed by atoms with Gasteiger partial charge in [-0.2, -0.15) is 0 Å². The lowest BCUT2D eigenvalue weighted by Gasteiger charge is -2.11. The van der Waals surface area contributed by atoms with E-state index in [1.54, 1.807) is 13.2 Å². The first kappa shape index (κ1) is 18.7. The summed E-state index contributed by atoms with van der Waals surface area (Å²) in [5.74, 6) is -0.0531. The number of nitrogens with two attached hydrogens (primary N) is 1. The van der Waals surface area contributed by atoms with E-state index in [0.717, 1.165) is 51.9 Å². The monoisotopic (exact) mass is 434 g/mol. The summed E-state index contributed by atoms with van der Waals surface area (Å²) >= 11 is 4.87. The topological polar surface area (TPSA) is 81.4 Å². The molecule has 1 aromatic heterocycles. The Bertz CT molecular complexity index is 889. The predicted molar refractivity (Wildman–Crippen MR) is 108 cm³/mol. The van der Waals surface area contributed by atoms with E-state index in [9.17, 15) is 9.59 Å². The van der Waals surface area contributed by atoms with E-state index >= 15 is 0 Å². The standard InChI is InChI=1S/C19H19BrN2O3S/c1-25-14-8-6-11(10-13(14)20)7-9-16(23)22-19-17(18(21)24)12-4-2-3-5-15(12)26-19/h6-10H,2-5H2,1H3,(H2,21,24)(H,22,23). The van der Waals surface area contributed by atoms with Crippen LogP contribution in [0.25, 0.3) is 6.08 Å². The second-order valence-corrected chi connectivity index (χ2v) is 7.96. The van der Waals surface area contributed by atoms with Crippen LogP contribution < -0.4 is 15.8 Å². The molecule has 1 heterocycles. The first-order valence-electron chi connectivity index (χ1n) is 8.26. The fraction of sp³-hybridized carbons (Fsp3) is 0.263. The zero-order valence-electron chi connectivity index (χ0n) is 14.3. The predicted octanol–water partition coefficient (Wildman–Crippen LogP) is 4.15. The smallest absolute Gasteiger partial charge is 0.251 e. The van der Waals surface area contributed by atoms with Crippen molar-refractivity contribution in [1.82, 2.24) is 0 Å². The van der Waals surface area contributed by atoms with Crippen molar-refractivity contribution in [1.29, 1.82) is 0 Å². The van der Waals surface area contributed by atoms with Gasteiger partial charge in [0.15, 0.2) is 0 Å². The number of ether oxygens (including phenoxy) is 1. The summed E-state index contributed by atoms with van der Waals surface area (Å²) in [4.78, 5) is 25.3. The van der Waals surface area contributed by atoms with Gasteiger partial charge in [0.1, 0.15) is 10.8 Å². The van der Waals surface area contributed by atoms with Crippen LogP contribution >= 0.6 is 27.3 Å². The van der Waals surface area contributed by atoms with E-state index in [-0.39, 0.29) is 5.91 Å². The van der Waals surface area contributed by atoms with Crippen molar-refractivity contribution >= 4 is 50.2 Å². The molecule has 0 saturated heterocycles. The molecule has 1 aliphatic carbocycles. The Balaban J connectivity index is 1.77. The van der Waals surface area contributed by atoms with E-state index in [2.05, 4.69) is 21.2 Å². The van der Waals surface area contributed by atoms with E-state index in [0.29, 0.717) is 10.6 Å². The third kappa shape index (κ3) is 3.99. The first-order valence-corrected chi connectivity index (χ1v) is 9.87. The summed E-state index contributed by atoms with van der Waals surface area (Å²) in [6.07, 6.45) is 7.07. The van der Waals surface area contributed by atoms with Crippen LogP contribution in [0.3, 0.4) is 0 Å². The number of carbonyl (C=O) groups excluding carboxylic acids is 2. The highest BCUT2D eigenvalue weighted by Gasteiger charge is 2.24. The number of aryl methyl sites for hydroxylation is 1. The molecule has 2 amide bonds. The summed E-state index contributed by atoms with van der Waals surface area (Å²) < 4.78 is 6.00. The lowest BCUT2D eigenvalue weighted by atomic mass is 9.95. The Hall–Kier alpha value is -2.12. The molecular formula is C19H19BrN2O3S. The number of primary amides is 1. The number of rotatable bonds is 5. The zero-order chi connectivity index (χ0) is 18.7. The summed E-state index contributed by atoms with van der Waals surface area (Å²) in [5.41, 5.74) is 7.88. The number of carbonyl (C=O) groups is 2. The number of benzene rings is 1. The molecule has 5 nitrogen and oxygen atoms in total. The van der Waals surface area contributed by atoms with Crippen molar-refractivity contribution in [2.75, 3.05) is 12.4 Å². The van der Waals surface area contributed by atoms with E-state index in [1.165, 1.54) is 17.4 Å². The van der Waals surface area contributed by atoms with Crippen molar-refractivity contribution in [3.63, 3.8) is 0 Å². The molecule has 3 N–H and O–H groups in total. The summed E-state index contributed by atoms with van der Waals surface area (Å²) in [5, 5.41) is 3.36. The molecule has 7 heteroatoms. The number of nitrogens with one attached hydrogen (secondary N) is 1. The van der Waals surface area contributed by atoms with E-state index < -0.39 is 5.91 Å². The lowest BCUT2D eigenvalue weighted by Crippen LogP contribution is -2.17. The maximum Gasteiger partial charge on any atom is 0.251 e. The van der Waals surface area contributed by atoms with Gasteiger partial charge in [-0.3, -0.25) is 9.59 Å². The molecule has 3 rings (SSSR count). The molecule has 0 unspecified atom stereocenters. The van der Waals surface area contributed by atoms with Crippen LogP contribution in [0.15, 0.2) is 28.7 Å². The number of hydrogen-bond donors (Lipinski definition) is 2. The van der Waals surface area contributed by atoms with Crippen LogP contribution in [-0.2, 0) is 17.6 Å². The van der Waals surface area contributed by atoms with Crippen molar-refractivity contribution < 1.29 is 14.3 Å². The normalized spacial score (nSPS) is 13.5. The number of amides is 2. The number of hydrogen-bond acceptors (Lipinski definition) is 4. The Morgan fingerprint density at radius 3 is 2.77 bits per heavy atom. The van der Waals surface area contributed by atoms with E-state index in [1.807, 2.05) is 18.2 Å². The average molecular weight is 435 g/mol. The van der Waals surface area contributed by atoms with Gasteiger partial charge in [-0.15, -0.1) is 11.3 Å². The Labute approximate surface area is 164 Å². The van der Waals surface area contributed by atoms with Crippen molar-refractivity contribution in [3.05, 3.63) is 50.3 Å². The lowest BCUT2D eigenvalue weighted by molar-refractivity contribution is -0.111. The molecule has 0 saturated carbocycles. The second kappa shape index (κ2) is 8.05. The summed E-state index contributed by atoms with van der Waals surface area (Å²) in [6, 6.07) is 5.54. The van der Waals surface area contributed by atoms with E-state index in [4.69, 9.17) is 10.5 Å². The van der Waals surface area contributed by atoms with Gasteiger partial charge < -0.3 is 15.8 Å². The van der Waals surface area contributed by atoms with Gasteiger partial charge in [0.2, 0.25) is 5.91 Å². The van der Waals surface area contributed by atoms with Gasteiger partial charge in [-0.05, 0) is 70.9 Å². The average Bonchev–Trinajstić information content (AvgIpc) is 2.98. The first-order chi connectivity index (χ1) is 12.5. The Morgan fingerprint density at radius 2 is 2.08 bits per heavy atom. The molecule has 2 aromatic rings. The number of anilines is 1. The fourth-order valence-corrected chi connectivity index (χ4v) is 4.88. The minimum atomic E-state index is -0.484. The molecule has 26 heavy (non-hydrogen) atoms.